The number of anilines is 1. The molecule has 5 nitrogen and oxygen atoms in total. The third-order valence-electron chi connectivity index (χ3n) is 5.03. The zero-order valence-corrected chi connectivity index (χ0v) is 16.8. The van der Waals surface area contributed by atoms with Gasteiger partial charge in [0.05, 0.1) is 18.7 Å². The number of nitrogens with zero attached hydrogens (tertiary/aromatic N) is 1. The Kier molecular flexibility index (Phi) is 5.29. The molecule has 1 unspecified atom stereocenters. The van der Waals surface area contributed by atoms with Gasteiger partial charge in [0.1, 0.15) is 11.5 Å². The van der Waals surface area contributed by atoms with Crippen LogP contribution in [0.15, 0.2) is 84.4 Å². The molecule has 150 valence electrons. The fourth-order valence-electron chi connectivity index (χ4n) is 3.64. The second kappa shape index (κ2) is 8.05. The Labute approximate surface area is 178 Å². The van der Waals surface area contributed by atoms with Gasteiger partial charge in [-0.25, -0.2) is 0 Å². The number of halogens is 1. The van der Waals surface area contributed by atoms with Crippen molar-refractivity contribution >= 4 is 34.7 Å². The van der Waals surface area contributed by atoms with Gasteiger partial charge >= 0.3 is 0 Å². The van der Waals surface area contributed by atoms with Gasteiger partial charge in [-0.15, -0.1) is 0 Å². The average molecular weight is 420 g/mol. The Morgan fingerprint density at radius 1 is 0.933 bits per heavy atom. The van der Waals surface area contributed by atoms with Crippen LogP contribution in [0.5, 0.6) is 5.75 Å². The van der Waals surface area contributed by atoms with Gasteiger partial charge in [0.15, 0.2) is 0 Å². The number of para-hydroxylation sites is 1. The highest BCUT2D eigenvalue weighted by molar-refractivity contribution is 6.51. The topological polar surface area (TPSA) is 66.8 Å². The van der Waals surface area contributed by atoms with Crippen LogP contribution in [-0.2, 0) is 9.59 Å². The van der Waals surface area contributed by atoms with Crippen LogP contribution in [0.3, 0.4) is 0 Å². The summed E-state index contributed by atoms with van der Waals surface area (Å²) in [4.78, 5) is 27.5. The molecule has 1 atom stereocenters. The Balaban J connectivity index is 1.98. The number of methoxy groups -OCH3 is 1. The number of aliphatic hydroxyl groups is 1. The van der Waals surface area contributed by atoms with Gasteiger partial charge < -0.3 is 9.84 Å². The zero-order chi connectivity index (χ0) is 21.3. The van der Waals surface area contributed by atoms with Gasteiger partial charge in [-0.3, -0.25) is 14.5 Å². The number of hydrogen-bond acceptors (Lipinski definition) is 4. The second-order valence-corrected chi connectivity index (χ2v) is 7.19. The van der Waals surface area contributed by atoms with Crippen LogP contribution < -0.4 is 9.64 Å². The highest BCUT2D eigenvalue weighted by atomic mass is 35.5. The lowest BCUT2D eigenvalue weighted by molar-refractivity contribution is -0.132. The first-order valence-electron chi connectivity index (χ1n) is 9.28. The van der Waals surface area contributed by atoms with E-state index in [0.717, 1.165) is 0 Å². The first-order chi connectivity index (χ1) is 14.5. The van der Waals surface area contributed by atoms with E-state index in [4.69, 9.17) is 16.3 Å². The van der Waals surface area contributed by atoms with Crippen molar-refractivity contribution in [3.63, 3.8) is 0 Å². The molecule has 1 heterocycles. The quantitative estimate of drug-likeness (QED) is 0.368. The normalized spacial score (nSPS) is 17.9. The number of Topliss-reactive ketones (excluding diaryl/α,β-unsaturated/α-hetero) is 1. The molecule has 0 aromatic heterocycles. The van der Waals surface area contributed by atoms with Crippen LogP contribution in [0.25, 0.3) is 5.76 Å². The highest BCUT2D eigenvalue weighted by Gasteiger charge is 2.47. The number of carbonyl (C=O) groups is 2. The molecule has 1 aliphatic heterocycles. The molecule has 3 aromatic rings. The number of amides is 1. The molecular weight excluding hydrogens is 402 g/mol. The van der Waals surface area contributed by atoms with Crippen molar-refractivity contribution in [2.75, 3.05) is 12.0 Å². The maximum atomic E-state index is 13.1. The molecule has 0 saturated carbocycles. The first-order valence-corrected chi connectivity index (χ1v) is 9.65. The van der Waals surface area contributed by atoms with Crippen molar-refractivity contribution < 1.29 is 19.4 Å². The number of ketones is 1. The molecule has 1 fully saturated rings. The molecule has 6 heteroatoms. The summed E-state index contributed by atoms with van der Waals surface area (Å²) in [5.41, 5.74) is 1.54. The summed E-state index contributed by atoms with van der Waals surface area (Å²) in [5.74, 6) is -1.23. The van der Waals surface area contributed by atoms with Crippen molar-refractivity contribution in [2.45, 2.75) is 6.04 Å². The summed E-state index contributed by atoms with van der Waals surface area (Å²) in [5, 5.41) is 11.5. The second-order valence-electron chi connectivity index (χ2n) is 6.75. The molecule has 1 saturated heterocycles. The van der Waals surface area contributed by atoms with Crippen molar-refractivity contribution in [2.24, 2.45) is 0 Å². The number of hydrogen-bond donors (Lipinski definition) is 1. The largest absolute Gasteiger partial charge is 0.507 e. The number of rotatable bonds is 4. The molecular formula is C24H18ClNO4. The predicted molar refractivity (Wildman–Crippen MR) is 116 cm³/mol. The monoisotopic (exact) mass is 419 g/mol. The average Bonchev–Trinajstić information content (AvgIpc) is 3.05. The zero-order valence-electron chi connectivity index (χ0n) is 16.1. The number of benzene rings is 3. The van der Waals surface area contributed by atoms with E-state index >= 15 is 0 Å². The highest BCUT2D eigenvalue weighted by Crippen LogP contribution is 2.44. The fourth-order valence-corrected chi connectivity index (χ4v) is 3.76. The molecule has 3 aromatic carbocycles. The van der Waals surface area contributed by atoms with Crippen LogP contribution in [0.4, 0.5) is 5.69 Å². The summed E-state index contributed by atoms with van der Waals surface area (Å²) < 4.78 is 5.49. The van der Waals surface area contributed by atoms with Crippen LogP contribution in [-0.4, -0.2) is 23.9 Å². The Bertz CT molecular complexity index is 1140. The maximum absolute atomic E-state index is 13.1. The van der Waals surface area contributed by atoms with Gasteiger partial charge in [0.2, 0.25) is 0 Å². The van der Waals surface area contributed by atoms with E-state index in [0.29, 0.717) is 27.6 Å². The Morgan fingerprint density at radius 2 is 1.57 bits per heavy atom. The molecule has 0 radical (unpaired) electrons. The number of aliphatic hydroxyl groups excluding tert-OH is 1. The van der Waals surface area contributed by atoms with Gasteiger partial charge in [-0.1, -0.05) is 60.1 Å². The molecule has 4 rings (SSSR count). The predicted octanol–water partition coefficient (Wildman–Crippen LogP) is 4.97. The van der Waals surface area contributed by atoms with Crippen LogP contribution in [0.1, 0.15) is 17.2 Å². The van der Waals surface area contributed by atoms with Crippen molar-refractivity contribution in [1.82, 2.24) is 0 Å². The van der Waals surface area contributed by atoms with E-state index in [9.17, 15) is 14.7 Å². The lowest BCUT2D eigenvalue weighted by Gasteiger charge is -2.26. The smallest absolute Gasteiger partial charge is 0.300 e. The third kappa shape index (κ3) is 3.33. The summed E-state index contributed by atoms with van der Waals surface area (Å²) in [6.07, 6.45) is 0. The fraction of sp³-hybridized carbons (Fsp3) is 0.0833. The minimum absolute atomic E-state index is 0.00523. The molecule has 0 spiro atoms. The summed E-state index contributed by atoms with van der Waals surface area (Å²) in [6.45, 7) is 0. The van der Waals surface area contributed by atoms with E-state index in [1.807, 2.05) is 0 Å². The SMILES string of the molecule is COc1ccccc1C1/C(=C(\O)c2ccccc2)C(=O)C(=O)N1c1ccc(Cl)cc1. The number of ether oxygens (including phenoxy) is 1. The molecule has 1 aliphatic rings. The molecule has 0 bridgehead atoms. The molecule has 30 heavy (non-hydrogen) atoms. The minimum Gasteiger partial charge on any atom is -0.507 e. The Morgan fingerprint density at radius 3 is 2.23 bits per heavy atom. The van der Waals surface area contributed by atoms with E-state index in [2.05, 4.69) is 0 Å². The molecule has 1 N–H and O–H groups in total. The maximum Gasteiger partial charge on any atom is 0.300 e. The Hall–Kier alpha value is -3.57. The van der Waals surface area contributed by atoms with Crippen LogP contribution in [0, 0.1) is 0 Å². The molecule has 1 amide bonds. The third-order valence-corrected chi connectivity index (χ3v) is 5.28. The van der Waals surface area contributed by atoms with Crippen molar-refractivity contribution in [1.29, 1.82) is 0 Å². The van der Waals surface area contributed by atoms with E-state index in [1.54, 1.807) is 78.9 Å². The summed E-state index contributed by atoms with van der Waals surface area (Å²) in [7, 11) is 1.52. The van der Waals surface area contributed by atoms with Crippen molar-refractivity contribution in [3.8, 4) is 5.75 Å². The first kappa shape index (κ1) is 19.7. The van der Waals surface area contributed by atoms with Gasteiger partial charge in [0, 0.05) is 21.8 Å². The van der Waals surface area contributed by atoms with E-state index in [-0.39, 0.29) is 11.3 Å². The summed E-state index contributed by atoms with van der Waals surface area (Å²) in [6, 6.07) is 21.6. The van der Waals surface area contributed by atoms with Crippen LogP contribution >= 0.6 is 11.6 Å². The standard InChI is InChI=1S/C24H18ClNO4/c1-30-19-10-6-5-9-18(19)21-20(22(27)15-7-3-2-4-8-15)23(28)24(29)26(21)17-13-11-16(25)12-14-17/h2-14,21,27H,1H3/b22-20+. The van der Waals surface area contributed by atoms with Gasteiger partial charge in [0.25, 0.3) is 11.7 Å². The molecule has 0 aliphatic carbocycles. The van der Waals surface area contributed by atoms with Crippen molar-refractivity contribution in [3.05, 3.63) is 101 Å². The van der Waals surface area contributed by atoms with Crippen LogP contribution in [0.2, 0.25) is 5.02 Å². The lowest BCUT2D eigenvalue weighted by Crippen LogP contribution is -2.29. The van der Waals surface area contributed by atoms with Gasteiger partial charge in [-0.05, 0) is 30.3 Å². The minimum atomic E-state index is -0.859. The summed E-state index contributed by atoms with van der Waals surface area (Å²) >= 11 is 6.00. The van der Waals surface area contributed by atoms with E-state index in [1.165, 1.54) is 12.0 Å². The van der Waals surface area contributed by atoms with E-state index < -0.39 is 17.7 Å². The lowest BCUT2D eigenvalue weighted by atomic mass is 9.94. The number of carbonyl (C=O) groups excluding carboxylic acids is 2. The van der Waals surface area contributed by atoms with Gasteiger partial charge in [-0.2, -0.15) is 0 Å².